The molecule has 0 aliphatic rings. The summed E-state index contributed by atoms with van der Waals surface area (Å²) in [5.74, 6) is 1.20. The fourth-order valence-electron chi connectivity index (χ4n) is 3.38. The van der Waals surface area contributed by atoms with Crippen LogP contribution in [0.2, 0.25) is 0 Å². The van der Waals surface area contributed by atoms with Crippen molar-refractivity contribution in [2.45, 2.75) is 52.4 Å². The van der Waals surface area contributed by atoms with E-state index in [2.05, 4.69) is 0 Å². The number of carbonyl (C=O) groups is 1. The van der Waals surface area contributed by atoms with E-state index >= 15 is 0 Å². The van der Waals surface area contributed by atoms with Gasteiger partial charge in [-0.25, -0.2) is 0 Å². The van der Waals surface area contributed by atoms with Gasteiger partial charge in [-0.15, -0.1) is 0 Å². The van der Waals surface area contributed by atoms with Crippen molar-refractivity contribution in [3.8, 4) is 23.0 Å². The number of ether oxygens (including phenoxy) is 2. The van der Waals surface area contributed by atoms with Crippen LogP contribution < -0.4 is 9.47 Å². The molecule has 0 fully saturated rings. The Morgan fingerprint density at radius 3 is 1.34 bits per heavy atom. The Morgan fingerprint density at radius 2 is 1.06 bits per heavy atom. The molecule has 0 heterocycles. The molecule has 0 atom stereocenters. The smallest absolute Gasteiger partial charge is 0.178 e. The molecule has 0 saturated carbocycles. The molecule has 2 rings (SSSR count). The number of hydrogen-bond acceptors (Lipinski definition) is 5. The van der Waals surface area contributed by atoms with E-state index in [4.69, 9.17) is 9.47 Å². The Balaban J connectivity index is 2.30. The van der Waals surface area contributed by atoms with Crippen LogP contribution in [0.25, 0.3) is 12.2 Å². The van der Waals surface area contributed by atoms with Gasteiger partial charge < -0.3 is 19.7 Å². The fraction of sp³-hybridized carbons (Fsp3) is 0.370. The Bertz CT molecular complexity index is 964. The summed E-state index contributed by atoms with van der Waals surface area (Å²) in [5.41, 5.74) is 2.25. The van der Waals surface area contributed by atoms with Crippen LogP contribution >= 0.6 is 0 Å². The Labute approximate surface area is 191 Å². The summed E-state index contributed by atoms with van der Waals surface area (Å²) in [7, 11) is 3.11. The highest BCUT2D eigenvalue weighted by molar-refractivity contribution is 6.04. The first-order chi connectivity index (χ1) is 14.8. The highest BCUT2D eigenvalue weighted by atomic mass is 16.5. The summed E-state index contributed by atoms with van der Waals surface area (Å²) in [6.45, 7) is 12.0. The molecule has 2 aromatic rings. The monoisotopic (exact) mass is 438 g/mol. The van der Waals surface area contributed by atoms with Gasteiger partial charge in [0.2, 0.25) is 0 Å². The quantitative estimate of drug-likeness (QED) is 0.541. The van der Waals surface area contributed by atoms with Crippen molar-refractivity contribution < 1.29 is 24.5 Å². The number of hydrogen-bond donors (Lipinski definition) is 2. The molecule has 0 aromatic heterocycles. The lowest BCUT2D eigenvalue weighted by Gasteiger charge is -2.22. The number of aromatic hydroxyl groups is 2. The Hall–Kier alpha value is -3.21. The lowest BCUT2D eigenvalue weighted by molar-refractivity contribution is -0.110. The van der Waals surface area contributed by atoms with E-state index in [1.807, 2.05) is 41.5 Å². The first-order valence-corrected chi connectivity index (χ1v) is 10.5. The summed E-state index contributed by atoms with van der Waals surface area (Å²) in [6, 6.07) is 6.78. The minimum Gasteiger partial charge on any atom is -0.508 e. The van der Waals surface area contributed by atoms with Crippen LogP contribution in [-0.2, 0) is 15.6 Å². The van der Waals surface area contributed by atoms with Gasteiger partial charge in [0.15, 0.2) is 5.78 Å². The average molecular weight is 439 g/mol. The lowest BCUT2D eigenvalue weighted by Crippen LogP contribution is -2.11. The van der Waals surface area contributed by atoms with Gasteiger partial charge >= 0.3 is 0 Å². The number of allylic oxidation sites excluding steroid dienone is 2. The molecule has 0 saturated heterocycles. The van der Waals surface area contributed by atoms with Crippen molar-refractivity contribution in [3.05, 3.63) is 58.7 Å². The van der Waals surface area contributed by atoms with Crippen molar-refractivity contribution in [1.29, 1.82) is 0 Å². The normalized spacial score (nSPS) is 12.5. The zero-order chi connectivity index (χ0) is 24.3. The Kier molecular flexibility index (Phi) is 7.45. The molecule has 5 nitrogen and oxygen atoms in total. The maximum absolute atomic E-state index is 12.4. The third-order valence-electron chi connectivity index (χ3n) is 5.17. The number of phenolic OH excluding ortho intramolecular Hbond substituents is 2. The molecule has 0 aliphatic heterocycles. The van der Waals surface area contributed by atoms with Crippen molar-refractivity contribution in [2.75, 3.05) is 14.2 Å². The topological polar surface area (TPSA) is 76.0 Å². The van der Waals surface area contributed by atoms with Crippen molar-refractivity contribution in [2.24, 2.45) is 0 Å². The number of carbonyl (C=O) groups excluding carboxylic acids is 1. The fourth-order valence-corrected chi connectivity index (χ4v) is 3.38. The molecule has 0 radical (unpaired) electrons. The van der Waals surface area contributed by atoms with Gasteiger partial charge in [-0.05, 0) is 59.4 Å². The van der Waals surface area contributed by atoms with E-state index in [1.165, 1.54) is 12.2 Å². The molecule has 0 unspecified atom stereocenters. The van der Waals surface area contributed by atoms with Crippen molar-refractivity contribution in [3.63, 3.8) is 0 Å². The van der Waals surface area contributed by atoms with Crippen LogP contribution in [0.1, 0.15) is 63.8 Å². The Morgan fingerprint density at radius 1 is 0.719 bits per heavy atom. The van der Waals surface area contributed by atoms with Crippen molar-refractivity contribution in [1.82, 2.24) is 0 Å². The summed E-state index contributed by atoms with van der Waals surface area (Å²) in [5, 5.41) is 20.8. The molecule has 5 heteroatoms. The van der Waals surface area contributed by atoms with Gasteiger partial charge in [0.1, 0.15) is 23.0 Å². The molecule has 2 N–H and O–H groups in total. The molecule has 0 bridgehead atoms. The third kappa shape index (κ3) is 5.94. The van der Waals surface area contributed by atoms with Crippen LogP contribution in [0.15, 0.2) is 36.4 Å². The molecular formula is C27H34O5. The van der Waals surface area contributed by atoms with Crippen LogP contribution in [0.4, 0.5) is 0 Å². The van der Waals surface area contributed by atoms with Crippen LogP contribution in [0.3, 0.4) is 0 Å². The van der Waals surface area contributed by atoms with E-state index in [0.29, 0.717) is 22.6 Å². The predicted molar refractivity (Wildman–Crippen MR) is 130 cm³/mol. The molecule has 32 heavy (non-hydrogen) atoms. The van der Waals surface area contributed by atoms with Gasteiger partial charge in [-0.2, -0.15) is 0 Å². The summed E-state index contributed by atoms with van der Waals surface area (Å²) < 4.78 is 10.9. The number of benzene rings is 2. The second kappa shape index (κ2) is 9.51. The number of methoxy groups -OCH3 is 2. The predicted octanol–water partition coefficient (Wildman–Crippen LogP) is 6.01. The van der Waals surface area contributed by atoms with Gasteiger partial charge in [0.05, 0.1) is 14.2 Å². The van der Waals surface area contributed by atoms with E-state index < -0.39 is 0 Å². The second-order valence-corrected chi connectivity index (χ2v) is 9.79. The molecule has 0 aliphatic carbocycles. The molecular weight excluding hydrogens is 404 g/mol. The maximum atomic E-state index is 12.4. The highest BCUT2D eigenvalue weighted by Crippen LogP contribution is 2.37. The van der Waals surface area contributed by atoms with E-state index in [1.54, 1.807) is 50.6 Å². The summed E-state index contributed by atoms with van der Waals surface area (Å²) in [4.78, 5) is 12.4. The van der Waals surface area contributed by atoms with Gasteiger partial charge in [-0.1, -0.05) is 41.5 Å². The third-order valence-corrected chi connectivity index (χ3v) is 5.17. The maximum Gasteiger partial charge on any atom is 0.178 e. The molecule has 2 aromatic carbocycles. The minimum atomic E-state index is -0.257. The van der Waals surface area contributed by atoms with Crippen molar-refractivity contribution >= 4 is 17.9 Å². The number of ketones is 1. The van der Waals surface area contributed by atoms with Crippen LogP contribution in [0.5, 0.6) is 23.0 Å². The van der Waals surface area contributed by atoms with Gasteiger partial charge in [0.25, 0.3) is 0 Å². The lowest BCUT2D eigenvalue weighted by atomic mass is 9.85. The highest BCUT2D eigenvalue weighted by Gasteiger charge is 2.21. The first-order valence-electron chi connectivity index (χ1n) is 10.5. The van der Waals surface area contributed by atoms with Gasteiger partial charge in [0, 0.05) is 22.3 Å². The van der Waals surface area contributed by atoms with Gasteiger partial charge in [-0.3, -0.25) is 4.79 Å². The van der Waals surface area contributed by atoms with Crippen LogP contribution in [-0.4, -0.2) is 30.2 Å². The first kappa shape index (κ1) is 25.1. The summed E-state index contributed by atoms with van der Waals surface area (Å²) in [6.07, 6.45) is 6.02. The number of rotatable bonds is 6. The second-order valence-electron chi connectivity index (χ2n) is 9.79. The number of phenols is 2. The molecule has 172 valence electrons. The summed E-state index contributed by atoms with van der Waals surface area (Å²) >= 11 is 0. The van der Waals surface area contributed by atoms with Crippen LogP contribution in [0, 0.1) is 0 Å². The van der Waals surface area contributed by atoms with E-state index in [-0.39, 0.29) is 28.1 Å². The average Bonchev–Trinajstić information content (AvgIpc) is 2.68. The largest absolute Gasteiger partial charge is 0.508 e. The zero-order valence-corrected chi connectivity index (χ0v) is 20.2. The molecule has 0 spiro atoms. The minimum absolute atomic E-state index is 0.153. The molecule has 0 amide bonds. The standard InChI is InChI=1S/C27H34O5/c1-26(2,3)20-15-24(31-7)17(13-22(20)29)9-11-19(28)12-10-18-14-23(30)21(27(4,5)6)16-25(18)32-8/h9-16,29-30H,1-8H3/b11-9+,12-10+. The SMILES string of the molecule is COc1cc(C(C)(C)C)c(O)cc1/C=C/C(=O)/C=C/c1cc(O)c(C(C)(C)C)cc1OC. The zero-order valence-electron chi connectivity index (χ0n) is 20.2. The van der Waals surface area contributed by atoms with E-state index in [9.17, 15) is 15.0 Å². The van der Waals surface area contributed by atoms with E-state index in [0.717, 1.165) is 11.1 Å².